The fourth-order valence-electron chi connectivity index (χ4n) is 2.77. The average molecular weight is 362 g/mol. The van der Waals surface area contributed by atoms with Crippen LogP contribution >= 0.6 is 0 Å². The molecule has 1 fully saturated rings. The summed E-state index contributed by atoms with van der Waals surface area (Å²) in [5.41, 5.74) is -0.158. The maximum atomic E-state index is 12.7. The summed E-state index contributed by atoms with van der Waals surface area (Å²) in [5, 5.41) is 0. The number of hydrogen-bond donors (Lipinski definition) is 0. The van der Waals surface area contributed by atoms with Crippen LogP contribution in [0.1, 0.15) is 53.1 Å². The topological polar surface area (TPSA) is 59.1 Å². The van der Waals surface area contributed by atoms with E-state index in [9.17, 15) is 9.59 Å². The largest absolute Gasteiger partial charge is 0.444 e. The van der Waals surface area contributed by atoms with Gasteiger partial charge in [0, 0.05) is 19.6 Å². The smallest absolute Gasteiger partial charge is 0.410 e. The maximum Gasteiger partial charge on any atom is 0.410 e. The fraction of sp³-hybridized carbons (Fsp3) is 0.600. The zero-order chi connectivity index (χ0) is 19.5. The molecule has 144 valence electrons. The van der Waals surface area contributed by atoms with Gasteiger partial charge in [-0.1, -0.05) is 30.3 Å². The minimum Gasteiger partial charge on any atom is -0.444 e. The van der Waals surface area contributed by atoms with Gasteiger partial charge in [0.2, 0.25) is 0 Å². The first-order valence-electron chi connectivity index (χ1n) is 8.99. The van der Waals surface area contributed by atoms with Crippen molar-refractivity contribution in [3.8, 4) is 0 Å². The van der Waals surface area contributed by atoms with Gasteiger partial charge in [0.1, 0.15) is 11.2 Å². The van der Waals surface area contributed by atoms with Gasteiger partial charge in [0.15, 0.2) is 0 Å². The predicted octanol–water partition coefficient (Wildman–Crippen LogP) is 4.22. The SMILES string of the molecule is CC(C)(C)OC(=O)N1CCN(C(=O)OC(C)(C)C)C(c2ccccc2)C1. The van der Waals surface area contributed by atoms with E-state index in [1.807, 2.05) is 71.9 Å². The van der Waals surface area contributed by atoms with Crippen LogP contribution in [0.15, 0.2) is 30.3 Å². The Kier molecular flexibility index (Phi) is 5.84. The van der Waals surface area contributed by atoms with Crippen LogP contribution in [-0.2, 0) is 9.47 Å². The van der Waals surface area contributed by atoms with Crippen molar-refractivity contribution in [1.29, 1.82) is 0 Å². The molecule has 1 heterocycles. The molecule has 1 atom stereocenters. The van der Waals surface area contributed by atoms with Gasteiger partial charge in [0.05, 0.1) is 6.04 Å². The van der Waals surface area contributed by atoms with Gasteiger partial charge >= 0.3 is 12.2 Å². The number of rotatable bonds is 1. The molecular weight excluding hydrogens is 332 g/mol. The Labute approximate surface area is 156 Å². The summed E-state index contributed by atoms with van der Waals surface area (Å²) in [6, 6.07) is 9.42. The first-order valence-corrected chi connectivity index (χ1v) is 8.99. The molecule has 2 amide bonds. The van der Waals surface area contributed by atoms with E-state index in [1.54, 1.807) is 9.80 Å². The lowest BCUT2D eigenvalue weighted by molar-refractivity contribution is -0.0152. The summed E-state index contributed by atoms with van der Waals surface area (Å²) in [4.78, 5) is 28.5. The number of benzene rings is 1. The molecule has 0 radical (unpaired) electrons. The molecule has 1 unspecified atom stereocenters. The summed E-state index contributed by atoms with van der Waals surface area (Å²) in [6.07, 6.45) is -0.725. The van der Waals surface area contributed by atoms with Crippen molar-refractivity contribution in [2.45, 2.75) is 58.8 Å². The van der Waals surface area contributed by atoms with E-state index in [2.05, 4.69) is 0 Å². The molecule has 0 saturated carbocycles. The van der Waals surface area contributed by atoms with Crippen molar-refractivity contribution in [1.82, 2.24) is 9.80 Å². The highest BCUT2D eigenvalue weighted by atomic mass is 16.6. The molecule has 6 nitrogen and oxygen atoms in total. The van der Waals surface area contributed by atoms with E-state index >= 15 is 0 Å². The Bertz CT molecular complexity index is 631. The van der Waals surface area contributed by atoms with Crippen molar-refractivity contribution in [3.05, 3.63) is 35.9 Å². The van der Waals surface area contributed by atoms with Crippen LogP contribution in [0.3, 0.4) is 0 Å². The van der Waals surface area contributed by atoms with E-state index in [1.165, 1.54) is 0 Å². The standard InChI is InChI=1S/C20H30N2O4/c1-19(2,3)25-17(23)21-12-13-22(18(24)26-20(4,5)6)16(14-21)15-10-8-7-9-11-15/h7-11,16H,12-14H2,1-6H3. The van der Waals surface area contributed by atoms with E-state index < -0.39 is 11.2 Å². The second-order valence-corrected chi connectivity index (χ2v) is 8.53. The first kappa shape index (κ1) is 20.1. The third-order valence-corrected chi connectivity index (χ3v) is 3.84. The molecular formula is C20H30N2O4. The van der Waals surface area contributed by atoms with Gasteiger partial charge in [-0.25, -0.2) is 9.59 Å². The Balaban J connectivity index is 2.21. The van der Waals surface area contributed by atoms with Crippen LogP contribution < -0.4 is 0 Å². The zero-order valence-corrected chi connectivity index (χ0v) is 16.6. The lowest BCUT2D eigenvalue weighted by atomic mass is 10.0. The molecule has 26 heavy (non-hydrogen) atoms. The van der Waals surface area contributed by atoms with Gasteiger partial charge in [0.25, 0.3) is 0 Å². The van der Waals surface area contributed by atoms with Crippen LogP contribution in [0, 0.1) is 0 Å². The highest BCUT2D eigenvalue weighted by molar-refractivity contribution is 5.71. The van der Waals surface area contributed by atoms with Crippen LogP contribution in [0.4, 0.5) is 9.59 Å². The van der Waals surface area contributed by atoms with Crippen LogP contribution in [-0.4, -0.2) is 52.8 Å². The lowest BCUT2D eigenvalue weighted by Crippen LogP contribution is -2.54. The van der Waals surface area contributed by atoms with Crippen molar-refractivity contribution in [2.75, 3.05) is 19.6 Å². The van der Waals surface area contributed by atoms with Crippen molar-refractivity contribution >= 4 is 12.2 Å². The van der Waals surface area contributed by atoms with E-state index in [0.717, 1.165) is 5.56 Å². The Morgan fingerprint density at radius 3 is 1.96 bits per heavy atom. The van der Waals surface area contributed by atoms with Crippen LogP contribution in [0.25, 0.3) is 0 Å². The summed E-state index contributed by atoms with van der Waals surface area (Å²) in [6.45, 7) is 12.3. The van der Waals surface area contributed by atoms with Gasteiger partial charge < -0.3 is 14.4 Å². The van der Waals surface area contributed by atoms with E-state index in [4.69, 9.17) is 9.47 Å². The Morgan fingerprint density at radius 1 is 0.885 bits per heavy atom. The number of carbonyl (C=O) groups excluding carboxylic acids is 2. The lowest BCUT2D eigenvalue weighted by Gasteiger charge is -2.42. The predicted molar refractivity (Wildman–Crippen MR) is 99.9 cm³/mol. The quantitative estimate of drug-likeness (QED) is 0.751. The van der Waals surface area contributed by atoms with Crippen molar-refractivity contribution in [2.24, 2.45) is 0 Å². The highest BCUT2D eigenvalue weighted by Gasteiger charge is 2.37. The minimum absolute atomic E-state index is 0.271. The van der Waals surface area contributed by atoms with Gasteiger partial charge in [-0.3, -0.25) is 4.90 Å². The van der Waals surface area contributed by atoms with Gasteiger partial charge in [-0.2, -0.15) is 0 Å². The molecule has 1 aromatic carbocycles. The van der Waals surface area contributed by atoms with Crippen LogP contribution in [0.5, 0.6) is 0 Å². The highest BCUT2D eigenvalue weighted by Crippen LogP contribution is 2.28. The van der Waals surface area contributed by atoms with Crippen LogP contribution in [0.2, 0.25) is 0 Å². The molecule has 0 spiro atoms. The molecule has 1 aliphatic heterocycles. The van der Waals surface area contributed by atoms with Crippen molar-refractivity contribution < 1.29 is 19.1 Å². The normalized spacial score (nSPS) is 18.5. The Hall–Kier alpha value is -2.24. The molecule has 0 aromatic heterocycles. The van der Waals surface area contributed by atoms with E-state index in [-0.39, 0.29) is 18.2 Å². The molecule has 1 saturated heterocycles. The summed E-state index contributed by atoms with van der Waals surface area (Å²) < 4.78 is 11.0. The number of piperazine rings is 1. The second-order valence-electron chi connectivity index (χ2n) is 8.53. The number of carbonyl (C=O) groups is 2. The molecule has 6 heteroatoms. The molecule has 0 N–H and O–H groups in total. The maximum absolute atomic E-state index is 12.7. The fourth-order valence-corrected chi connectivity index (χ4v) is 2.77. The van der Waals surface area contributed by atoms with Gasteiger partial charge in [-0.15, -0.1) is 0 Å². The molecule has 0 aliphatic carbocycles. The summed E-state index contributed by atoms with van der Waals surface area (Å²) in [5.74, 6) is 0. The molecule has 1 aliphatic rings. The van der Waals surface area contributed by atoms with Gasteiger partial charge in [-0.05, 0) is 47.1 Å². The average Bonchev–Trinajstić information content (AvgIpc) is 2.52. The van der Waals surface area contributed by atoms with Crippen molar-refractivity contribution in [3.63, 3.8) is 0 Å². The third-order valence-electron chi connectivity index (χ3n) is 3.84. The monoisotopic (exact) mass is 362 g/mol. The first-order chi connectivity index (χ1) is 12.0. The number of nitrogens with zero attached hydrogens (tertiary/aromatic N) is 2. The summed E-state index contributed by atoms with van der Waals surface area (Å²) in [7, 11) is 0. The number of hydrogen-bond acceptors (Lipinski definition) is 4. The third kappa shape index (κ3) is 5.64. The molecule has 2 rings (SSSR count). The second kappa shape index (κ2) is 7.56. The number of ether oxygens (including phenoxy) is 2. The van der Waals surface area contributed by atoms with E-state index in [0.29, 0.717) is 19.6 Å². The minimum atomic E-state index is -0.569. The number of amides is 2. The zero-order valence-electron chi connectivity index (χ0n) is 16.6. The molecule has 0 bridgehead atoms. The summed E-state index contributed by atoms with van der Waals surface area (Å²) >= 11 is 0. The Morgan fingerprint density at radius 2 is 1.42 bits per heavy atom. The molecule has 1 aromatic rings.